The van der Waals surface area contributed by atoms with Gasteiger partial charge in [0.2, 0.25) is 0 Å². The van der Waals surface area contributed by atoms with Crippen molar-refractivity contribution in [3.8, 4) is 0 Å². The smallest absolute Gasteiger partial charge is 0.258 e. The van der Waals surface area contributed by atoms with Gasteiger partial charge in [-0.05, 0) is 32.5 Å². The molecule has 0 spiro atoms. The van der Waals surface area contributed by atoms with Gasteiger partial charge in [0.1, 0.15) is 0 Å². The molecule has 2 heterocycles. The lowest BCUT2D eigenvalue weighted by Crippen LogP contribution is -2.47. The first-order valence-electron chi connectivity index (χ1n) is 7.54. The second kappa shape index (κ2) is 7.35. The summed E-state index contributed by atoms with van der Waals surface area (Å²) in [6, 6.07) is -0.0287. The van der Waals surface area contributed by atoms with Gasteiger partial charge in [0.25, 0.3) is 10.0 Å². The highest BCUT2D eigenvalue weighted by Crippen LogP contribution is 2.16. The molecule has 1 aromatic rings. The SMILES string of the molecule is CCNCc1cn[nH]c1S(=O)(=O)NC1CCCN(CC)C1. The number of nitrogens with one attached hydrogen (secondary N) is 3. The Labute approximate surface area is 126 Å². The molecule has 1 aliphatic rings. The highest BCUT2D eigenvalue weighted by Gasteiger charge is 2.27. The van der Waals surface area contributed by atoms with Crippen LogP contribution < -0.4 is 10.0 Å². The Morgan fingerprint density at radius 3 is 3.00 bits per heavy atom. The van der Waals surface area contributed by atoms with Crippen LogP contribution in [0.3, 0.4) is 0 Å². The molecule has 120 valence electrons. The van der Waals surface area contributed by atoms with E-state index in [2.05, 4.69) is 32.1 Å². The van der Waals surface area contributed by atoms with E-state index in [0.29, 0.717) is 12.1 Å². The van der Waals surface area contributed by atoms with Crippen molar-refractivity contribution in [3.63, 3.8) is 0 Å². The van der Waals surface area contributed by atoms with Crippen LogP contribution in [0.4, 0.5) is 0 Å². The number of likely N-dealkylation sites (tertiary alicyclic amines) is 1. The molecule has 0 aliphatic carbocycles. The van der Waals surface area contributed by atoms with Gasteiger partial charge in [0.05, 0.1) is 6.20 Å². The Hall–Kier alpha value is -0.960. The van der Waals surface area contributed by atoms with Gasteiger partial charge in [0.15, 0.2) is 5.03 Å². The second-order valence-electron chi connectivity index (χ2n) is 5.36. The maximum absolute atomic E-state index is 12.5. The van der Waals surface area contributed by atoms with Crippen LogP contribution in [-0.4, -0.2) is 55.7 Å². The lowest BCUT2D eigenvalue weighted by Gasteiger charge is -2.31. The van der Waals surface area contributed by atoms with Crippen LogP contribution in [0.1, 0.15) is 32.3 Å². The van der Waals surface area contributed by atoms with E-state index in [1.165, 1.54) is 0 Å². The number of aromatic nitrogens is 2. The van der Waals surface area contributed by atoms with Gasteiger partial charge < -0.3 is 10.2 Å². The van der Waals surface area contributed by atoms with Crippen LogP contribution in [0.2, 0.25) is 0 Å². The van der Waals surface area contributed by atoms with Crippen molar-refractivity contribution in [2.75, 3.05) is 26.2 Å². The Morgan fingerprint density at radius 1 is 1.48 bits per heavy atom. The van der Waals surface area contributed by atoms with Crippen LogP contribution >= 0.6 is 0 Å². The largest absolute Gasteiger partial charge is 0.313 e. The second-order valence-corrected chi connectivity index (χ2v) is 7.01. The molecular formula is C13H25N5O2S. The number of H-pyrrole nitrogens is 1. The average molecular weight is 315 g/mol. The van der Waals surface area contributed by atoms with Gasteiger partial charge in [-0.2, -0.15) is 5.10 Å². The summed E-state index contributed by atoms with van der Waals surface area (Å²) in [7, 11) is -3.54. The first kappa shape index (κ1) is 16.4. The monoisotopic (exact) mass is 315 g/mol. The van der Waals surface area contributed by atoms with E-state index >= 15 is 0 Å². The van der Waals surface area contributed by atoms with E-state index in [9.17, 15) is 8.42 Å². The van der Waals surface area contributed by atoms with Gasteiger partial charge >= 0.3 is 0 Å². The number of piperidine rings is 1. The molecule has 0 bridgehead atoms. The molecule has 1 unspecified atom stereocenters. The molecule has 1 atom stereocenters. The third-order valence-corrected chi connectivity index (χ3v) is 5.32. The Kier molecular flexibility index (Phi) is 5.74. The number of rotatable bonds is 7. The summed E-state index contributed by atoms with van der Waals surface area (Å²) < 4.78 is 27.8. The summed E-state index contributed by atoms with van der Waals surface area (Å²) in [5.74, 6) is 0. The molecule has 8 heteroatoms. The number of likely N-dealkylation sites (N-methyl/N-ethyl adjacent to an activating group) is 1. The topological polar surface area (TPSA) is 90.1 Å². The summed E-state index contributed by atoms with van der Waals surface area (Å²) >= 11 is 0. The molecule has 1 aliphatic heterocycles. The highest BCUT2D eigenvalue weighted by molar-refractivity contribution is 7.89. The van der Waals surface area contributed by atoms with Crippen molar-refractivity contribution in [1.29, 1.82) is 0 Å². The quantitative estimate of drug-likeness (QED) is 0.672. The Morgan fingerprint density at radius 2 is 2.29 bits per heavy atom. The molecule has 0 radical (unpaired) electrons. The highest BCUT2D eigenvalue weighted by atomic mass is 32.2. The lowest BCUT2D eigenvalue weighted by molar-refractivity contribution is 0.211. The molecule has 0 saturated carbocycles. The predicted molar refractivity (Wildman–Crippen MR) is 81.4 cm³/mol. The maximum Gasteiger partial charge on any atom is 0.258 e. The van der Waals surface area contributed by atoms with Crippen molar-refractivity contribution in [2.45, 2.75) is 44.3 Å². The first-order chi connectivity index (χ1) is 10.1. The van der Waals surface area contributed by atoms with E-state index in [-0.39, 0.29) is 11.1 Å². The standard InChI is InChI=1S/C13H25N5O2S/c1-3-14-8-11-9-15-16-13(11)21(19,20)17-12-6-5-7-18(4-2)10-12/h9,12,14,17H,3-8,10H2,1-2H3,(H,15,16). The average Bonchev–Trinajstić information content (AvgIpc) is 2.94. The molecule has 7 nitrogen and oxygen atoms in total. The zero-order valence-corrected chi connectivity index (χ0v) is 13.5. The normalized spacial score (nSPS) is 20.8. The molecule has 0 aromatic carbocycles. The summed E-state index contributed by atoms with van der Waals surface area (Å²) in [6.07, 6.45) is 3.47. The van der Waals surface area contributed by atoms with Gasteiger partial charge in [-0.1, -0.05) is 13.8 Å². The summed E-state index contributed by atoms with van der Waals surface area (Å²) in [4.78, 5) is 2.27. The molecule has 2 rings (SSSR count). The van der Waals surface area contributed by atoms with Crippen LogP contribution in [0.5, 0.6) is 0 Å². The number of hydrogen-bond donors (Lipinski definition) is 3. The first-order valence-corrected chi connectivity index (χ1v) is 9.02. The fourth-order valence-electron chi connectivity index (χ4n) is 2.63. The molecule has 0 amide bonds. The van der Waals surface area contributed by atoms with Crippen LogP contribution in [0, 0.1) is 0 Å². The van der Waals surface area contributed by atoms with E-state index < -0.39 is 10.0 Å². The number of nitrogens with zero attached hydrogens (tertiary/aromatic N) is 2. The van der Waals surface area contributed by atoms with Crippen LogP contribution in [0.25, 0.3) is 0 Å². The van der Waals surface area contributed by atoms with Crippen LogP contribution in [0.15, 0.2) is 11.2 Å². The molecule has 1 fully saturated rings. The van der Waals surface area contributed by atoms with Crippen molar-refractivity contribution in [1.82, 2.24) is 25.1 Å². The number of hydrogen-bond acceptors (Lipinski definition) is 5. The molecule has 3 N–H and O–H groups in total. The zero-order valence-electron chi connectivity index (χ0n) is 12.7. The predicted octanol–water partition coefficient (Wildman–Crippen LogP) is 0.282. The third-order valence-electron chi connectivity index (χ3n) is 3.79. The van der Waals surface area contributed by atoms with E-state index in [1.54, 1.807) is 6.20 Å². The van der Waals surface area contributed by atoms with Crippen LogP contribution in [-0.2, 0) is 16.6 Å². The maximum atomic E-state index is 12.5. The van der Waals surface area contributed by atoms with Crippen molar-refractivity contribution in [2.24, 2.45) is 0 Å². The minimum atomic E-state index is -3.54. The van der Waals surface area contributed by atoms with Crippen molar-refractivity contribution >= 4 is 10.0 Å². The molecule has 21 heavy (non-hydrogen) atoms. The zero-order chi connectivity index (χ0) is 15.3. The van der Waals surface area contributed by atoms with Crippen molar-refractivity contribution < 1.29 is 8.42 Å². The van der Waals surface area contributed by atoms with E-state index in [4.69, 9.17) is 0 Å². The summed E-state index contributed by atoms with van der Waals surface area (Å²) in [5.41, 5.74) is 0.674. The fourth-order valence-corrected chi connectivity index (χ4v) is 4.03. The van der Waals surface area contributed by atoms with E-state index in [0.717, 1.165) is 39.0 Å². The van der Waals surface area contributed by atoms with Gasteiger partial charge in [-0.15, -0.1) is 0 Å². The lowest BCUT2D eigenvalue weighted by atomic mass is 10.1. The minimum absolute atomic E-state index is 0.0287. The fraction of sp³-hybridized carbons (Fsp3) is 0.769. The summed E-state index contributed by atoms with van der Waals surface area (Å²) in [5, 5.41) is 9.79. The molecule has 1 aromatic heterocycles. The van der Waals surface area contributed by atoms with Gasteiger partial charge in [-0.25, -0.2) is 13.1 Å². The van der Waals surface area contributed by atoms with Crippen molar-refractivity contribution in [3.05, 3.63) is 11.8 Å². The Bertz CT molecular complexity index is 543. The number of aromatic amines is 1. The Balaban J connectivity index is 2.06. The third kappa shape index (κ3) is 4.26. The number of sulfonamides is 1. The molecule has 1 saturated heterocycles. The minimum Gasteiger partial charge on any atom is -0.313 e. The van der Waals surface area contributed by atoms with Gasteiger partial charge in [0, 0.05) is 24.7 Å². The summed E-state index contributed by atoms with van der Waals surface area (Å²) in [6.45, 7) is 8.13. The van der Waals surface area contributed by atoms with Gasteiger partial charge in [-0.3, -0.25) is 5.10 Å². The molecular weight excluding hydrogens is 290 g/mol. The van der Waals surface area contributed by atoms with E-state index in [1.807, 2.05) is 6.92 Å².